The van der Waals surface area contributed by atoms with E-state index in [1.54, 1.807) is 0 Å². The van der Waals surface area contributed by atoms with Gasteiger partial charge in [0.2, 0.25) is 0 Å². The number of rotatable bonds is 8. The van der Waals surface area contributed by atoms with E-state index in [1.807, 2.05) is 13.8 Å². The molecule has 7 heteroatoms. The Kier molecular flexibility index (Phi) is 5.80. The lowest BCUT2D eigenvalue weighted by atomic mass is 9.93. The average molecular weight is 296 g/mol. The number of nitro groups is 1. The van der Waals surface area contributed by atoms with Crippen molar-refractivity contribution in [2.24, 2.45) is 0 Å². The van der Waals surface area contributed by atoms with Gasteiger partial charge in [0.1, 0.15) is 5.56 Å². The second-order valence-corrected chi connectivity index (χ2v) is 4.87. The molecule has 1 aromatic rings. The zero-order valence-electron chi connectivity index (χ0n) is 12.1. The number of carboxylic acid groups (broad SMARTS) is 1. The Bertz CT molecular complexity index is 518. The number of benzene rings is 1. The number of aliphatic hydroxyl groups is 1. The van der Waals surface area contributed by atoms with Crippen LogP contribution < -0.4 is 5.32 Å². The van der Waals surface area contributed by atoms with Gasteiger partial charge in [-0.05, 0) is 18.4 Å². The van der Waals surface area contributed by atoms with Crippen molar-refractivity contribution >= 4 is 11.7 Å². The third-order valence-corrected chi connectivity index (χ3v) is 3.85. The normalized spacial score (nSPS) is 11.4. The standard InChI is InChI=1S/C14H20N2O5/c1-3-14(4-2,9-17)15-8-10-6-5-7-11(16(20)21)12(10)13(18)19/h5-7,15,17H,3-4,8-9H2,1-2H3,(H,18,19). The van der Waals surface area contributed by atoms with E-state index >= 15 is 0 Å². The fraction of sp³-hybridized carbons (Fsp3) is 0.500. The van der Waals surface area contributed by atoms with Gasteiger partial charge in [0.25, 0.3) is 5.69 Å². The number of carbonyl (C=O) groups is 1. The van der Waals surface area contributed by atoms with Crippen LogP contribution in [0.15, 0.2) is 18.2 Å². The number of carboxylic acids is 1. The summed E-state index contributed by atoms with van der Waals surface area (Å²) in [5, 5.41) is 32.8. The van der Waals surface area contributed by atoms with Crippen molar-refractivity contribution in [2.45, 2.75) is 38.8 Å². The van der Waals surface area contributed by atoms with E-state index in [-0.39, 0.29) is 18.7 Å². The molecule has 0 aliphatic rings. The van der Waals surface area contributed by atoms with E-state index in [1.165, 1.54) is 18.2 Å². The van der Waals surface area contributed by atoms with Gasteiger partial charge in [-0.3, -0.25) is 10.1 Å². The van der Waals surface area contributed by atoms with Crippen molar-refractivity contribution in [1.29, 1.82) is 0 Å². The number of hydrogen-bond acceptors (Lipinski definition) is 5. The van der Waals surface area contributed by atoms with Gasteiger partial charge in [-0.15, -0.1) is 0 Å². The first kappa shape index (κ1) is 17.1. The maximum absolute atomic E-state index is 11.3. The summed E-state index contributed by atoms with van der Waals surface area (Å²) in [4.78, 5) is 21.5. The number of aromatic carboxylic acids is 1. The van der Waals surface area contributed by atoms with Gasteiger partial charge >= 0.3 is 5.97 Å². The third-order valence-electron chi connectivity index (χ3n) is 3.85. The fourth-order valence-corrected chi connectivity index (χ4v) is 2.20. The molecule has 0 amide bonds. The molecular formula is C14H20N2O5. The van der Waals surface area contributed by atoms with Crippen LogP contribution in [0.4, 0.5) is 5.69 Å². The number of hydrogen-bond donors (Lipinski definition) is 3. The Morgan fingerprint density at radius 2 is 2.00 bits per heavy atom. The smallest absolute Gasteiger partial charge is 0.343 e. The fourth-order valence-electron chi connectivity index (χ4n) is 2.20. The largest absolute Gasteiger partial charge is 0.477 e. The molecule has 0 saturated heterocycles. The summed E-state index contributed by atoms with van der Waals surface area (Å²) in [5.41, 5.74) is -0.921. The van der Waals surface area contributed by atoms with Gasteiger partial charge in [-0.2, -0.15) is 0 Å². The van der Waals surface area contributed by atoms with Crippen LogP contribution in [0.25, 0.3) is 0 Å². The lowest BCUT2D eigenvalue weighted by molar-refractivity contribution is -0.385. The zero-order valence-corrected chi connectivity index (χ0v) is 12.1. The van der Waals surface area contributed by atoms with Crippen molar-refractivity contribution in [3.8, 4) is 0 Å². The Morgan fingerprint density at radius 3 is 2.43 bits per heavy atom. The summed E-state index contributed by atoms with van der Waals surface area (Å²) in [6.07, 6.45) is 1.33. The van der Waals surface area contributed by atoms with Crippen molar-refractivity contribution in [3.05, 3.63) is 39.4 Å². The van der Waals surface area contributed by atoms with Crippen LogP contribution in [0, 0.1) is 10.1 Å². The molecule has 0 aliphatic carbocycles. The molecule has 0 radical (unpaired) electrons. The van der Waals surface area contributed by atoms with Crippen LogP contribution in [0.2, 0.25) is 0 Å². The summed E-state index contributed by atoms with van der Waals surface area (Å²) in [7, 11) is 0. The molecule has 3 N–H and O–H groups in total. The second-order valence-electron chi connectivity index (χ2n) is 4.87. The van der Waals surface area contributed by atoms with Crippen LogP contribution in [-0.2, 0) is 6.54 Å². The van der Waals surface area contributed by atoms with Crippen molar-refractivity contribution in [1.82, 2.24) is 5.32 Å². The molecule has 0 heterocycles. The van der Waals surface area contributed by atoms with Gasteiger partial charge in [-0.1, -0.05) is 26.0 Å². The highest BCUT2D eigenvalue weighted by atomic mass is 16.6. The van der Waals surface area contributed by atoms with Gasteiger partial charge in [-0.25, -0.2) is 4.79 Å². The quantitative estimate of drug-likeness (QED) is 0.499. The average Bonchev–Trinajstić information content (AvgIpc) is 2.48. The number of aliphatic hydroxyl groups excluding tert-OH is 1. The van der Waals surface area contributed by atoms with E-state index in [4.69, 9.17) is 0 Å². The van der Waals surface area contributed by atoms with E-state index in [2.05, 4.69) is 5.32 Å². The van der Waals surface area contributed by atoms with E-state index < -0.39 is 22.1 Å². The monoisotopic (exact) mass is 296 g/mol. The first-order chi connectivity index (χ1) is 9.90. The molecule has 0 aliphatic heterocycles. The van der Waals surface area contributed by atoms with Gasteiger partial charge in [0, 0.05) is 18.2 Å². The molecule has 7 nitrogen and oxygen atoms in total. The minimum Gasteiger partial charge on any atom is -0.477 e. The molecular weight excluding hydrogens is 276 g/mol. The summed E-state index contributed by atoms with van der Waals surface area (Å²) in [6.45, 7) is 3.89. The topological polar surface area (TPSA) is 113 Å². The Morgan fingerprint density at radius 1 is 1.38 bits per heavy atom. The third kappa shape index (κ3) is 3.77. The first-order valence-corrected chi connectivity index (χ1v) is 6.76. The predicted molar refractivity (Wildman–Crippen MR) is 77.3 cm³/mol. The van der Waals surface area contributed by atoms with Crippen LogP contribution in [0.1, 0.15) is 42.6 Å². The molecule has 0 spiro atoms. The van der Waals surface area contributed by atoms with Crippen LogP contribution in [0.3, 0.4) is 0 Å². The zero-order chi connectivity index (χ0) is 16.0. The highest BCUT2D eigenvalue weighted by Crippen LogP contribution is 2.23. The van der Waals surface area contributed by atoms with Crippen LogP contribution in [-0.4, -0.2) is 33.3 Å². The van der Waals surface area contributed by atoms with Crippen molar-refractivity contribution < 1.29 is 19.9 Å². The summed E-state index contributed by atoms with van der Waals surface area (Å²) < 4.78 is 0. The summed E-state index contributed by atoms with van der Waals surface area (Å²) >= 11 is 0. The predicted octanol–water partition coefficient (Wildman–Crippen LogP) is 1.93. The van der Waals surface area contributed by atoms with E-state index in [0.29, 0.717) is 18.4 Å². The second kappa shape index (κ2) is 7.14. The number of nitro benzene ring substituents is 1. The van der Waals surface area contributed by atoms with Crippen LogP contribution >= 0.6 is 0 Å². The Balaban J connectivity index is 3.12. The Hall–Kier alpha value is -1.99. The molecule has 0 atom stereocenters. The van der Waals surface area contributed by atoms with Gasteiger partial charge in [0.15, 0.2) is 0 Å². The first-order valence-electron chi connectivity index (χ1n) is 6.76. The summed E-state index contributed by atoms with van der Waals surface area (Å²) in [6, 6.07) is 4.17. The minimum absolute atomic E-state index is 0.0860. The molecule has 0 unspecified atom stereocenters. The molecule has 0 bridgehead atoms. The number of nitrogens with one attached hydrogen (secondary N) is 1. The molecule has 116 valence electrons. The molecule has 0 saturated carbocycles. The molecule has 0 fully saturated rings. The van der Waals surface area contributed by atoms with Gasteiger partial charge in [0.05, 0.1) is 11.5 Å². The molecule has 21 heavy (non-hydrogen) atoms. The number of nitrogens with zero attached hydrogens (tertiary/aromatic N) is 1. The van der Waals surface area contributed by atoms with E-state index in [9.17, 15) is 25.1 Å². The SMILES string of the molecule is CCC(CC)(CO)NCc1cccc([N+](=O)[O-])c1C(=O)O. The maximum Gasteiger partial charge on any atom is 0.343 e. The van der Waals surface area contributed by atoms with E-state index in [0.717, 1.165) is 0 Å². The molecule has 1 aromatic carbocycles. The van der Waals surface area contributed by atoms with Crippen molar-refractivity contribution in [2.75, 3.05) is 6.61 Å². The minimum atomic E-state index is -1.33. The lowest BCUT2D eigenvalue weighted by Crippen LogP contribution is -2.47. The maximum atomic E-state index is 11.3. The van der Waals surface area contributed by atoms with Crippen molar-refractivity contribution in [3.63, 3.8) is 0 Å². The van der Waals surface area contributed by atoms with Crippen LogP contribution in [0.5, 0.6) is 0 Å². The summed E-state index contributed by atoms with van der Waals surface area (Å²) in [5.74, 6) is -1.33. The van der Waals surface area contributed by atoms with Gasteiger partial charge < -0.3 is 15.5 Å². The highest BCUT2D eigenvalue weighted by Gasteiger charge is 2.27. The lowest BCUT2D eigenvalue weighted by Gasteiger charge is -2.31. The molecule has 0 aromatic heterocycles. The Labute approximate surface area is 122 Å². The molecule has 1 rings (SSSR count). The highest BCUT2D eigenvalue weighted by molar-refractivity contribution is 5.94.